The maximum absolute atomic E-state index is 13.0. The summed E-state index contributed by atoms with van der Waals surface area (Å²) in [4.78, 5) is 25.5. The van der Waals surface area contributed by atoms with Crippen molar-refractivity contribution >= 4 is 39.9 Å². The van der Waals surface area contributed by atoms with Gasteiger partial charge in [-0.2, -0.15) is 10.2 Å². The first kappa shape index (κ1) is 19.6. The maximum atomic E-state index is 13.0. The van der Waals surface area contributed by atoms with Gasteiger partial charge < -0.3 is 14.6 Å². The van der Waals surface area contributed by atoms with Gasteiger partial charge in [-0.15, -0.1) is 0 Å². The average molecular weight is 421 g/mol. The molecule has 0 fully saturated rings. The summed E-state index contributed by atoms with van der Waals surface area (Å²) >= 11 is 5.97. The molecule has 1 amide bonds. The fourth-order valence-corrected chi connectivity index (χ4v) is 3.30. The second kappa shape index (κ2) is 8.34. The van der Waals surface area contributed by atoms with E-state index in [0.29, 0.717) is 28.4 Å². The molecule has 8 heteroatoms. The highest BCUT2D eigenvalue weighted by molar-refractivity contribution is 6.48. The zero-order valence-corrected chi connectivity index (χ0v) is 16.8. The van der Waals surface area contributed by atoms with Crippen LogP contribution in [0.4, 0.5) is 5.69 Å². The number of halogens is 1. The van der Waals surface area contributed by atoms with E-state index >= 15 is 0 Å². The Labute approximate surface area is 177 Å². The number of nitrogens with zero attached hydrogens (tertiary/aromatic N) is 3. The number of rotatable bonds is 6. The quantitative estimate of drug-likeness (QED) is 0.377. The van der Waals surface area contributed by atoms with Crippen LogP contribution in [0.2, 0.25) is 5.02 Å². The van der Waals surface area contributed by atoms with Crippen LogP contribution in [-0.4, -0.2) is 33.6 Å². The number of hydrogen-bond donors (Lipinski definition) is 1. The Kier molecular flexibility index (Phi) is 5.45. The lowest BCUT2D eigenvalue weighted by molar-refractivity contribution is -0.112. The predicted molar refractivity (Wildman–Crippen MR) is 114 cm³/mol. The van der Waals surface area contributed by atoms with Gasteiger partial charge in [-0.1, -0.05) is 23.7 Å². The van der Waals surface area contributed by atoms with Gasteiger partial charge in [0, 0.05) is 28.7 Å². The summed E-state index contributed by atoms with van der Waals surface area (Å²) in [6, 6.07) is 14.5. The Bertz CT molecular complexity index is 1220. The Morgan fingerprint density at radius 3 is 2.60 bits per heavy atom. The van der Waals surface area contributed by atoms with E-state index in [2.05, 4.69) is 15.5 Å². The first-order chi connectivity index (χ1) is 14.5. The zero-order chi connectivity index (χ0) is 21.1. The smallest absolute Gasteiger partial charge is 0.296 e. The first-order valence-electron chi connectivity index (χ1n) is 9.09. The fraction of sp³-hybridized carbons (Fsp3) is 0.0909. The number of ether oxygens (including phenoxy) is 1. The molecule has 4 rings (SSSR count). The number of aromatic nitrogens is 3. The third-order valence-electron chi connectivity index (χ3n) is 4.65. The normalized spacial score (nSPS) is 10.7. The molecule has 0 bridgehead atoms. The van der Waals surface area contributed by atoms with Crippen LogP contribution in [0.15, 0.2) is 67.1 Å². The number of carbonyl (C=O) groups is 2. The second-order valence-corrected chi connectivity index (χ2v) is 7.03. The highest BCUT2D eigenvalue weighted by Crippen LogP contribution is 2.28. The number of Topliss-reactive ketones (excluding diaryl/α,β-unsaturated/α-hetero) is 1. The van der Waals surface area contributed by atoms with E-state index < -0.39 is 11.7 Å². The fourth-order valence-electron chi connectivity index (χ4n) is 3.18. The highest BCUT2D eigenvalue weighted by atomic mass is 35.5. The van der Waals surface area contributed by atoms with E-state index in [0.717, 1.165) is 11.1 Å². The number of hydrogen-bond acceptors (Lipinski definition) is 5. The average Bonchev–Trinajstić information content (AvgIpc) is 3.13. The number of nitrogens with one attached hydrogen (secondary N) is 1. The van der Waals surface area contributed by atoms with Crippen molar-refractivity contribution in [2.24, 2.45) is 0 Å². The van der Waals surface area contributed by atoms with Crippen molar-refractivity contribution in [2.45, 2.75) is 6.54 Å². The molecule has 0 aliphatic carbocycles. The van der Waals surface area contributed by atoms with Crippen molar-refractivity contribution in [2.75, 3.05) is 12.4 Å². The molecule has 0 aliphatic rings. The van der Waals surface area contributed by atoms with E-state index in [9.17, 15) is 9.59 Å². The molecule has 0 saturated heterocycles. The Hall–Kier alpha value is -3.71. The molecule has 2 heterocycles. The molecule has 2 aromatic heterocycles. The SMILES string of the molecule is COc1ccc2c(c1)c(C(=O)C(=O)Nc1ccnnc1)cn2Cc1ccc(Cl)cc1. The summed E-state index contributed by atoms with van der Waals surface area (Å²) in [6.45, 7) is 0.517. The van der Waals surface area contributed by atoms with Gasteiger partial charge >= 0.3 is 0 Å². The van der Waals surface area contributed by atoms with Gasteiger partial charge in [0.25, 0.3) is 11.7 Å². The van der Waals surface area contributed by atoms with Crippen molar-refractivity contribution in [3.8, 4) is 5.75 Å². The molecule has 0 atom stereocenters. The lowest BCUT2D eigenvalue weighted by atomic mass is 10.1. The topological polar surface area (TPSA) is 86.1 Å². The lowest BCUT2D eigenvalue weighted by Gasteiger charge is -2.06. The van der Waals surface area contributed by atoms with Crippen LogP contribution in [0.25, 0.3) is 10.9 Å². The third kappa shape index (κ3) is 4.01. The van der Waals surface area contributed by atoms with Gasteiger partial charge in [-0.05, 0) is 42.0 Å². The monoisotopic (exact) mass is 420 g/mol. The lowest BCUT2D eigenvalue weighted by Crippen LogP contribution is -2.22. The van der Waals surface area contributed by atoms with E-state index in [1.165, 1.54) is 12.4 Å². The van der Waals surface area contributed by atoms with Crippen molar-refractivity contribution < 1.29 is 14.3 Å². The molecule has 1 N–H and O–H groups in total. The van der Waals surface area contributed by atoms with E-state index in [4.69, 9.17) is 16.3 Å². The molecule has 7 nitrogen and oxygen atoms in total. The van der Waals surface area contributed by atoms with Crippen LogP contribution >= 0.6 is 11.6 Å². The minimum Gasteiger partial charge on any atom is -0.497 e. The molecule has 0 radical (unpaired) electrons. The van der Waals surface area contributed by atoms with E-state index in [1.807, 2.05) is 41.0 Å². The number of carbonyl (C=O) groups excluding carboxylic acids is 2. The van der Waals surface area contributed by atoms with Crippen LogP contribution in [0, 0.1) is 0 Å². The summed E-state index contributed by atoms with van der Waals surface area (Å²) in [6.07, 6.45) is 4.49. The van der Waals surface area contributed by atoms with Crippen molar-refractivity contribution in [1.82, 2.24) is 14.8 Å². The minimum atomic E-state index is -0.753. The summed E-state index contributed by atoms with van der Waals surface area (Å²) in [5, 5.41) is 11.2. The van der Waals surface area contributed by atoms with Crippen LogP contribution in [0.3, 0.4) is 0 Å². The number of amides is 1. The summed E-state index contributed by atoms with van der Waals surface area (Å²) < 4.78 is 7.23. The first-order valence-corrected chi connectivity index (χ1v) is 9.46. The van der Waals surface area contributed by atoms with Crippen LogP contribution < -0.4 is 10.1 Å². The number of anilines is 1. The van der Waals surface area contributed by atoms with Crippen LogP contribution in [0.5, 0.6) is 5.75 Å². The van der Waals surface area contributed by atoms with Crippen LogP contribution in [-0.2, 0) is 11.3 Å². The van der Waals surface area contributed by atoms with Gasteiger partial charge in [0.1, 0.15) is 5.75 Å². The summed E-state index contributed by atoms with van der Waals surface area (Å²) in [5.41, 5.74) is 2.51. The maximum Gasteiger partial charge on any atom is 0.296 e. The molecular weight excluding hydrogens is 404 g/mol. The van der Waals surface area contributed by atoms with Gasteiger partial charge in [-0.3, -0.25) is 9.59 Å². The zero-order valence-electron chi connectivity index (χ0n) is 16.0. The highest BCUT2D eigenvalue weighted by Gasteiger charge is 2.22. The molecule has 150 valence electrons. The van der Waals surface area contributed by atoms with E-state index in [1.54, 1.807) is 25.4 Å². The molecule has 4 aromatic rings. The molecule has 0 unspecified atom stereocenters. The second-order valence-electron chi connectivity index (χ2n) is 6.59. The van der Waals surface area contributed by atoms with Gasteiger partial charge in [0.2, 0.25) is 0 Å². The molecule has 0 saturated carbocycles. The summed E-state index contributed by atoms with van der Waals surface area (Å²) in [5.74, 6) is -0.809. The minimum absolute atomic E-state index is 0.289. The molecule has 0 aliphatic heterocycles. The molecule has 0 spiro atoms. The summed E-state index contributed by atoms with van der Waals surface area (Å²) in [7, 11) is 1.55. The number of benzene rings is 2. The van der Waals surface area contributed by atoms with Crippen LogP contribution in [0.1, 0.15) is 15.9 Å². The largest absolute Gasteiger partial charge is 0.497 e. The van der Waals surface area contributed by atoms with Crippen molar-refractivity contribution in [3.63, 3.8) is 0 Å². The molecule has 30 heavy (non-hydrogen) atoms. The van der Waals surface area contributed by atoms with Gasteiger partial charge in [0.15, 0.2) is 0 Å². The Morgan fingerprint density at radius 1 is 1.10 bits per heavy atom. The Balaban J connectivity index is 1.71. The number of ketones is 1. The number of fused-ring (bicyclic) bond motifs is 1. The molecular formula is C22H17ClN4O3. The van der Waals surface area contributed by atoms with Gasteiger partial charge in [-0.25, -0.2) is 0 Å². The molecule has 2 aromatic carbocycles. The van der Waals surface area contributed by atoms with Crippen molar-refractivity contribution in [3.05, 3.63) is 83.3 Å². The Morgan fingerprint density at radius 2 is 1.90 bits per heavy atom. The van der Waals surface area contributed by atoms with Crippen molar-refractivity contribution in [1.29, 1.82) is 0 Å². The predicted octanol–water partition coefficient (Wildman–Crippen LogP) is 3.96. The standard InChI is InChI=1S/C22H17ClN4O3/c1-30-17-6-7-20-18(10-17)19(13-27(20)12-14-2-4-15(23)5-3-14)21(28)22(29)26-16-8-9-24-25-11-16/h2-11,13H,12H2,1H3,(H,24,26,29). The number of methoxy groups -OCH3 is 1. The van der Waals surface area contributed by atoms with E-state index in [-0.39, 0.29) is 5.56 Å². The van der Waals surface area contributed by atoms with Gasteiger partial charge in [0.05, 0.1) is 30.8 Å². The third-order valence-corrected chi connectivity index (χ3v) is 4.90.